The summed E-state index contributed by atoms with van der Waals surface area (Å²) in [4.78, 5) is 16.9. The van der Waals surface area contributed by atoms with Crippen molar-refractivity contribution in [3.8, 4) is 0 Å². The molecule has 1 aromatic carbocycles. The van der Waals surface area contributed by atoms with Crippen LogP contribution in [0.2, 0.25) is 0 Å². The summed E-state index contributed by atoms with van der Waals surface area (Å²) in [5.74, 6) is -0.813. The van der Waals surface area contributed by atoms with Gasteiger partial charge in [0.05, 0.1) is 0 Å². The number of amides is 1. The first-order valence-electron chi connectivity index (χ1n) is 9.88. The lowest BCUT2D eigenvalue weighted by molar-refractivity contribution is -0.132. The first-order chi connectivity index (χ1) is 13.5. The predicted octanol–water partition coefficient (Wildman–Crippen LogP) is 3.06. The largest absolute Gasteiger partial charge is 0.491 e. The van der Waals surface area contributed by atoms with Crippen LogP contribution in [0.3, 0.4) is 0 Å². The molecule has 2 saturated heterocycles. The van der Waals surface area contributed by atoms with Gasteiger partial charge in [-0.2, -0.15) is 0 Å². The molecular weight excluding hydrogens is 366 g/mol. The van der Waals surface area contributed by atoms with Crippen LogP contribution in [0.15, 0.2) is 29.7 Å². The number of nitrogens with zero attached hydrogens (tertiary/aromatic N) is 2. The molecule has 5 nitrogen and oxygen atoms in total. The van der Waals surface area contributed by atoms with E-state index in [1.54, 1.807) is 19.1 Å². The zero-order chi connectivity index (χ0) is 19.7. The van der Waals surface area contributed by atoms with E-state index in [4.69, 9.17) is 9.47 Å². The number of benzene rings is 1. The minimum atomic E-state index is -0.805. The fourth-order valence-corrected chi connectivity index (χ4v) is 4.66. The van der Waals surface area contributed by atoms with E-state index in [0.717, 1.165) is 38.4 Å². The van der Waals surface area contributed by atoms with E-state index >= 15 is 0 Å². The summed E-state index contributed by atoms with van der Waals surface area (Å²) in [6, 6.07) is 4.33. The lowest BCUT2D eigenvalue weighted by Gasteiger charge is -2.40. The first-order valence-corrected chi connectivity index (χ1v) is 9.88. The molecule has 3 aliphatic heterocycles. The summed E-state index contributed by atoms with van der Waals surface area (Å²) >= 11 is 0. The number of carbonyl (C=O) groups excluding carboxylic acids is 1. The Morgan fingerprint density at radius 1 is 1.14 bits per heavy atom. The third-order valence-corrected chi connectivity index (χ3v) is 6.05. The van der Waals surface area contributed by atoms with Crippen LogP contribution in [0.1, 0.15) is 31.7 Å². The van der Waals surface area contributed by atoms with Crippen molar-refractivity contribution in [3.05, 3.63) is 46.9 Å². The van der Waals surface area contributed by atoms with Crippen molar-refractivity contribution >= 4 is 5.91 Å². The van der Waals surface area contributed by atoms with E-state index in [1.807, 2.05) is 4.90 Å². The Morgan fingerprint density at radius 2 is 1.96 bits per heavy atom. The van der Waals surface area contributed by atoms with E-state index in [2.05, 4.69) is 4.90 Å². The molecule has 0 N–H and O–H groups in total. The quantitative estimate of drug-likeness (QED) is 0.793. The lowest BCUT2D eigenvalue weighted by atomic mass is 9.79. The minimum absolute atomic E-state index is 0.00169. The van der Waals surface area contributed by atoms with Gasteiger partial charge >= 0.3 is 0 Å². The number of ether oxygens (including phenoxy) is 2. The van der Waals surface area contributed by atoms with Gasteiger partial charge in [0.15, 0.2) is 11.6 Å². The number of halogens is 2. The third-order valence-electron chi connectivity index (χ3n) is 6.05. The highest BCUT2D eigenvalue weighted by Crippen LogP contribution is 2.40. The molecule has 4 rings (SSSR count). The Morgan fingerprint density at radius 3 is 2.79 bits per heavy atom. The maximum Gasteiger partial charge on any atom is 0.292 e. The van der Waals surface area contributed by atoms with Crippen molar-refractivity contribution in [2.45, 2.75) is 32.7 Å². The Hall–Kier alpha value is -2.15. The standard InChI is InChI=1S/C21H26F2N2O3/c1-15-19(28-11-10-27-15)20(26)25-9-7-21(14-25)6-3-8-24(13-21)12-16-4-2-5-17(22)18(16)23/h2,4-5H,3,6-14H2,1H3. The van der Waals surface area contributed by atoms with Gasteiger partial charge in [-0.05, 0) is 38.8 Å². The molecule has 0 radical (unpaired) electrons. The van der Waals surface area contributed by atoms with Gasteiger partial charge in [-0.15, -0.1) is 0 Å². The number of hydrogen-bond acceptors (Lipinski definition) is 4. The van der Waals surface area contributed by atoms with Gasteiger partial charge in [0.2, 0.25) is 5.76 Å². The van der Waals surface area contributed by atoms with Crippen LogP contribution < -0.4 is 0 Å². The molecule has 1 aromatic rings. The number of allylic oxidation sites excluding steroid dienone is 1. The second-order valence-corrected chi connectivity index (χ2v) is 8.09. The number of likely N-dealkylation sites (tertiary alicyclic amines) is 2. The van der Waals surface area contributed by atoms with Gasteiger partial charge in [-0.25, -0.2) is 8.78 Å². The van der Waals surface area contributed by atoms with Gasteiger partial charge in [0.25, 0.3) is 5.91 Å². The zero-order valence-electron chi connectivity index (χ0n) is 16.2. The molecule has 7 heteroatoms. The van der Waals surface area contributed by atoms with E-state index in [1.165, 1.54) is 0 Å². The Labute approximate surface area is 163 Å². The Kier molecular flexibility index (Phi) is 5.27. The molecule has 152 valence electrons. The summed E-state index contributed by atoms with van der Waals surface area (Å²) in [6.45, 7) is 5.99. The van der Waals surface area contributed by atoms with Gasteiger partial charge in [-0.3, -0.25) is 9.69 Å². The average molecular weight is 392 g/mol. The van der Waals surface area contributed by atoms with E-state index < -0.39 is 11.6 Å². The van der Waals surface area contributed by atoms with Crippen LogP contribution in [0.25, 0.3) is 0 Å². The summed E-state index contributed by atoms with van der Waals surface area (Å²) in [7, 11) is 0. The monoisotopic (exact) mass is 392 g/mol. The molecule has 3 aliphatic rings. The highest BCUT2D eigenvalue weighted by atomic mass is 19.2. The fourth-order valence-electron chi connectivity index (χ4n) is 4.66. The number of piperidine rings is 1. The van der Waals surface area contributed by atoms with Gasteiger partial charge in [-0.1, -0.05) is 12.1 Å². The summed E-state index contributed by atoms with van der Waals surface area (Å²) < 4.78 is 38.5. The van der Waals surface area contributed by atoms with E-state index in [9.17, 15) is 13.6 Å². The zero-order valence-corrected chi connectivity index (χ0v) is 16.2. The van der Waals surface area contributed by atoms with E-state index in [-0.39, 0.29) is 11.3 Å². The SMILES string of the molecule is CC1=C(C(=O)N2CCC3(CCCN(Cc4cccc(F)c4F)C3)C2)OCCO1. The predicted molar refractivity (Wildman–Crippen MR) is 99.1 cm³/mol. The molecule has 0 saturated carbocycles. The summed E-state index contributed by atoms with van der Waals surface area (Å²) in [5, 5.41) is 0. The van der Waals surface area contributed by atoms with Crippen LogP contribution >= 0.6 is 0 Å². The molecule has 3 heterocycles. The Bertz CT molecular complexity index is 798. The number of rotatable bonds is 3. The smallest absolute Gasteiger partial charge is 0.292 e. The lowest BCUT2D eigenvalue weighted by Crippen LogP contribution is -2.45. The van der Waals surface area contributed by atoms with Crippen LogP contribution in [0.5, 0.6) is 0 Å². The molecular formula is C21H26F2N2O3. The normalized spacial score (nSPS) is 25.8. The van der Waals surface area contributed by atoms with Crippen molar-refractivity contribution in [2.75, 3.05) is 39.4 Å². The van der Waals surface area contributed by atoms with Crippen LogP contribution in [0, 0.1) is 17.0 Å². The molecule has 0 aliphatic carbocycles. The molecule has 1 unspecified atom stereocenters. The topological polar surface area (TPSA) is 42.0 Å². The molecule has 1 amide bonds. The first kappa shape index (κ1) is 19.2. The van der Waals surface area contributed by atoms with Gasteiger partial charge < -0.3 is 14.4 Å². The molecule has 2 fully saturated rings. The van der Waals surface area contributed by atoms with Crippen molar-refractivity contribution < 1.29 is 23.0 Å². The highest BCUT2D eigenvalue weighted by molar-refractivity contribution is 5.92. The molecule has 1 atom stereocenters. The Balaban J connectivity index is 1.43. The molecule has 1 spiro atoms. The van der Waals surface area contributed by atoms with Crippen LogP contribution in [-0.4, -0.2) is 55.1 Å². The van der Waals surface area contributed by atoms with Crippen LogP contribution in [-0.2, 0) is 20.8 Å². The number of carbonyl (C=O) groups is 1. The van der Waals surface area contributed by atoms with Gasteiger partial charge in [0, 0.05) is 37.2 Å². The summed E-state index contributed by atoms with van der Waals surface area (Å²) in [6.07, 6.45) is 2.93. The minimum Gasteiger partial charge on any atom is -0.491 e. The average Bonchev–Trinajstić information content (AvgIpc) is 3.08. The summed E-state index contributed by atoms with van der Waals surface area (Å²) in [5.41, 5.74) is 0.387. The van der Waals surface area contributed by atoms with Crippen molar-refractivity contribution in [1.82, 2.24) is 9.80 Å². The molecule has 0 bridgehead atoms. The second-order valence-electron chi connectivity index (χ2n) is 8.09. The molecule has 0 aromatic heterocycles. The van der Waals surface area contributed by atoms with Crippen LogP contribution in [0.4, 0.5) is 8.78 Å². The van der Waals surface area contributed by atoms with E-state index in [0.29, 0.717) is 49.9 Å². The number of hydrogen-bond donors (Lipinski definition) is 0. The highest BCUT2D eigenvalue weighted by Gasteiger charge is 2.44. The van der Waals surface area contributed by atoms with Crippen molar-refractivity contribution in [2.24, 2.45) is 5.41 Å². The van der Waals surface area contributed by atoms with Crippen molar-refractivity contribution in [1.29, 1.82) is 0 Å². The second kappa shape index (κ2) is 7.70. The van der Waals surface area contributed by atoms with Gasteiger partial charge in [0.1, 0.15) is 19.0 Å². The molecule has 28 heavy (non-hydrogen) atoms. The third kappa shape index (κ3) is 3.72. The fraction of sp³-hybridized carbons (Fsp3) is 0.571. The maximum atomic E-state index is 14.1. The maximum absolute atomic E-state index is 14.1. The van der Waals surface area contributed by atoms with Crippen molar-refractivity contribution in [3.63, 3.8) is 0 Å².